The molecular weight excluding hydrogens is 396 g/mol. The number of thiophene rings is 1. The van der Waals surface area contributed by atoms with Gasteiger partial charge in [-0.15, -0.1) is 11.3 Å². The van der Waals surface area contributed by atoms with Gasteiger partial charge in [0.2, 0.25) is 0 Å². The fraction of sp³-hybridized carbons (Fsp3) is 0.350. The lowest BCUT2D eigenvalue weighted by atomic mass is 10.1. The second-order valence-electron chi connectivity index (χ2n) is 7.69. The molecule has 1 amide bonds. The smallest absolute Gasteiger partial charge is 0.410 e. The van der Waals surface area contributed by atoms with Crippen LogP contribution in [-0.2, 0) is 17.7 Å². The highest BCUT2D eigenvalue weighted by molar-refractivity contribution is 7.19. The summed E-state index contributed by atoms with van der Waals surface area (Å²) in [7, 11) is 0. The van der Waals surface area contributed by atoms with E-state index in [0.717, 1.165) is 33.0 Å². The molecule has 1 N–H and O–H groups in total. The first kappa shape index (κ1) is 19.0. The monoisotopic (exact) mass is 416 g/mol. The minimum Gasteiger partial charge on any atom is -0.444 e. The number of carbonyl (C=O) groups excluding carboxylic acids is 1. The molecule has 28 heavy (non-hydrogen) atoms. The maximum absolute atomic E-state index is 12.4. The van der Waals surface area contributed by atoms with Crippen LogP contribution >= 0.6 is 22.9 Å². The fourth-order valence-electron chi connectivity index (χ4n) is 3.21. The van der Waals surface area contributed by atoms with E-state index in [0.29, 0.717) is 18.1 Å². The van der Waals surface area contributed by atoms with Crippen molar-refractivity contribution in [2.75, 3.05) is 11.9 Å². The number of hydrogen-bond donors (Lipinski definition) is 1. The van der Waals surface area contributed by atoms with E-state index in [-0.39, 0.29) is 6.09 Å². The predicted octanol–water partition coefficient (Wildman–Crippen LogP) is 5.38. The molecule has 0 saturated heterocycles. The number of hydrogen-bond acceptors (Lipinski definition) is 6. The molecule has 0 fully saturated rings. The number of aromatic nitrogens is 2. The third kappa shape index (κ3) is 3.91. The van der Waals surface area contributed by atoms with Crippen LogP contribution in [0.2, 0.25) is 5.02 Å². The second kappa shape index (κ2) is 7.22. The van der Waals surface area contributed by atoms with Gasteiger partial charge in [-0.25, -0.2) is 14.8 Å². The summed E-state index contributed by atoms with van der Waals surface area (Å²) in [5, 5.41) is 5.04. The van der Waals surface area contributed by atoms with Crippen molar-refractivity contribution in [3.05, 3.63) is 46.1 Å². The third-order valence-electron chi connectivity index (χ3n) is 4.38. The van der Waals surface area contributed by atoms with Gasteiger partial charge in [0.15, 0.2) is 0 Å². The van der Waals surface area contributed by atoms with Crippen LogP contribution in [0.1, 0.15) is 31.2 Å². The van der Waals surface area contributed by atoms with Crippen LogP contribution in [0.25, 0.3) is 10.2 Å². The quantitative estimate of drug-likeness (QED) is 0.607. The van der Waals surface area contributed by atoms with Gasteiger partial charge in [0, 0.05) is 22.1 Å². The van der Waals surface area contributed by atoms with Gasteiger partial charge in [0.25, 0.3) is 0 Å². The SMILES string of the molecule is CC(C)(C)OC(=O)N1CCc2c(sc3ncnc(Nc4cccc(Cl)c4)c23)C1. The number of nitrogens with zero attached hydrogens (tertiary/aromatic N) is 3. The Morgan fingerprint density at radius 3 is 2.89 bits per heavy atom. The largest absolute Gasteiger partial charge is 0.444 e. The minimum absolute atomic E-state index is 0.279. The van der Waals surface area contributed by atoms with E-state index in [1.165, 1.54) is 5.56 Å². The van der Waals surface area contributed by atoms with Crippen LogP contribution < -0.4 is 5.32 Å². The van der Waals surface area contributed by atoms with Crippen molar-refractivity contribution in [2.45, 2.75) is 39.3 Å². The third-order valence-corrected chi connectivity index (χ3v) is 5.74. The Morgan fingerprint density at radius 1 is 1.32 bits per heavy atom. The van der Waals surface area contributed by atoms with Crippen LogP contribution in [0.5, 0.6) is 0 Å². The predicted molar refractivity (Wildman–Crippen MR) is 112 cm³/mol. The summed E-state index contributed by atoms with van der Waals surface area (Å²) in [6, 6.07) is 7.53. The van der Waals surface area contributed by atoms with E-state index in [2.05, 4.69) is 15.3 Å². The summed E-state index contributed by atoms with van der Waals surface area (Å²) < 4.78 is 5.52. The zero-order valence-electron chi connectivity index (χ0n) is 16.0. The van der Waals surface area contributed by atoms with Crippen molar-refractivity contribution in [3.8, 4) is 0 Å². The van der Waals surface area contributed by atoms with Crippen LogP contribution in [0.15, 0.2) is 30.6 Å². The fourth-order valence-corrected chi connectivity index (χ4v) is 4.60. The highest BCUT2D eigenvalue weighted by Crippen LogP contribution is 2.38. The number of benzene rings is 1. The lowest BCUT2D eigenvalue weighted by Crippen LogP contribution is -2.39. The number of carbonyl (C=O) groups is 1. The van der Waals surface area contributed by atoms with Gasteiger partial charge in [0.05, 0.1) is 11.9 Å². The van der Waals surface area contributed by atoms with Gasteiger partial charge < -0.3 is 15.0 Å². The van der Waals surface area contributed by atoms with E-state index in [1.54, 1.807) is 22.6 Å². The van der Waals surface area contributed by atoms with Crippen molar-refractivity contribution in [2.24, 2.45) is 0 Å². The minimum atomic E-state index is -0.503. The number of anilines is 2. The highest BCUT2D eigenvalue weighted by Gasteiger charge is 2.29. The lowest BCUT2D eigenvalue weighted by Gasteiger charge is -2.30. The molecule has 0 aliphatic carbocycles. The Labute approximate surface area is 172 Å². The Morgan fingerprint density at radius 2 is 2.14 bits per heavy atom. The number of fused-ring (bicyclic) bond motifs is 3. The first-order valence-corrected chi connectivity index (χ1v) is 10.3. The molecule has 0 saturated carbocycles. The first-order valence-electron chi connectivity index (χ1n) is 9.06. The van der Waals surface area contributed by atoms with Crippen molar-refractivity contribution < 1.29 is 9.53 Å². The van der Waals surface area contributed by atoms with Crippen molar-refractivity contribution in [1.29, 1.82) is 0 Å². The van der Waals surface area contributed by atoms with Crippen LogP contribution in [0.4, 0.5) is 16.3 Å². The molecule has 0 spiro atoms. The molecule has 146 valence electrons. The summed E-state index contributed by atoms with van der Waals surface area (Å²) in [6.07, 6.45) is 2.02. The summed E-state index contributed by atoms with van der Waals surface area (Å²) in [5.41, 5.74) is 1.57. The Hall–Kier alpha value is -2.38. The second-order valence-corrected chi connectivity index (χ2v) is 9.21. The van der Waals surface area contributed by atoms with Crippen molar-refractivity contribution in [1.82, 2.24) is 14.9 Å². The van der Waals surface area contributed by atoms with Gasteiger partial charge in [-0.05, 0) is 51.0 Å². The molecule has 0 atom stereocenters. The number of ether oxygens (including phenoxy) is 1. The number of halogens is 1. The van der Waals surface area contributed by atoms with E-state index in [1.807, 2.05) is 45.0 Å². The van der Waals surface area contributed by atoms with Gasteiger partial charge in [0.1, 0.15) is 22.6 Å². The van der Waals surface area contributed by atoms with E-state index in [9.17, 15) is 4.79 Å². The van der Waals surface area contributed by atoms with E-state index in [4.69, 9.17) is 16.3 Å². The Bertz CT molecular complexity index is 1040. The molecular formula is C20H21ClN4O2S. The zero-order chi connectivity index (χ0) is 19.9. The Kier molecular flexibility index (Phi) is 4.89. The van der Waals surface area contributed by atoms with Crippen LogP contribution in [0, 0.1) is 0 Å². The van der Waals surface area contributed by atoms with Gasteiger partial charge in [-0.1, -0.05) is 17.7 Å². The molecule has 1 aliphatic heterocycles. The molecule has 3 aromatic rings. The van der Waals surface area contributed by atoms with E-state index >= 15 is 0 Å². The molecule has 0 radical (unpaired) electrons. The molecule has 0 bridgehead atoms. The highest BCUT2D eigenvalue weighted by atomic mass is 35.5. The average Bonchev–Trinajstić information content (AvgIpc) is 2.99. The number of nitrogens with one attached hydrogen (secondary N) is 1. The number of rotatable bonds is 2. The molecule has 2 aromatic heterocycles. The Balaban J connectivity index is 1.64. The topological polar surface area (TPSA) is 67.3 Å². The van der Waals surface area contributed by atoms with Gasteiger partial charge in [-0.2, -0.15) is 0 Å². The van der Waals surface area contributed by atoms with Gasteiger partial charge >= 0.3 is 6.09 Å². The number of amides is 1. The maximum atomic E-state index is 12.4. The van der Waals surface area contributed by atoms with Gasteiger partial charge in [-0.3, -0.25) is 0 Å². The molecule has 1 aliphatic rings. The summed E-state index contributed by atoms with van der Waals surface area (Å²) in [6.45, 7) is 6.77. The molecule has 8 heteroatoms. The van der Waals surface area contributed by atoms with Crippen LogP contribution in [0.3, 0.4) is 0 Å². The molecule has 1 aromatic carbocycles. The van der Waals surface area contributed by atoms with Crippen molar-refractivity contribution >= 4 is 50.8 Å². The molecule has 4 rings (SSSR count). The molecule has 3 heterocycles. The maximum Gasteiger partial charge on any atom is 0.410 e. The summed E-state index contributed by atoms with van der Waals surface area (Å²) >= 11 is 7.70. The van der Waals surface area contributed by atoms with Crippen molar-refractivity contribution in [3.63, 3.8) is 0 Å². The lowest BCUT2D eigenvalue weighted by molar-refractivity contribution is 0.0227. The summed E-state index contributed by atoms with van der Waals surface area (Å²) in [4.78, 5) is 25.1. The average molecular weight is 417 g/mol. The summed E-state index contributed by atoms with van der Waals surface area (Å²) in [5.74, 6) is 0.760. The molecule has 0 unspecified atom stereocenters. The van der Waals surface area contributed by atoms with E-state index < -0.39 is 5.60 Å². The standard InChI is InChI=1S/C20H21ClN4O2S/c1-20(2,3)27-19(26)25-8-7-14-15(10-25)28-18-16(14)17(22-11-23-18)24-13-6-4-5-12(21)9-13/h4-6,9,11H,7-8,10H2,1-3H3,(H,22,23,24). The zero-order valence-corrected chi connectivity index (χ0v) is 17.5. The normalized spacial score (nSPS) is 14.1. The first-order chi connectivity index (χ1) is 13.3. The molecule has 6 nitrogen and oxygen atoms in total. The van der Waals surface area contributed by atoms with Crippen LogP contribution in [-0.4, -0.2) is 33.1 Å².